The number of carbonyl (C=O) groups excluding carboxylic acids is 1. The number of nitrogens with zero attached hydrogens (tertiary/aromatic N) is 2. The summed E-state index contributed by atoms with van der Waals surface area (Å²) in [5, 5.41) is 15.6. The molecule has 1 aliphatic rings. The first-order valence-corrected chi connectivity index (χ1v) is 7.93. The molecule has 2 N–H and O–H groups in total. The Morgan fingerprint density at radius 3 is 2.88 bits per heavy atom. The van der Waals surface area contributed by atoms with Gasteiger partial charge in [-0.2, -0.15) is 0 Å². The summed E-state index contributed by atoms with van der Waals surface area (Å²) >= 11 is 0. The van der Waals surface area contributed by atoms with Crippen LogP contribution in [0.15, 0.2) is 34.0 Å². The zero-order chi connectivity index (χ0) is 17.3. The molecule has 6 heteroatoms. The average molecular weight is 327 g/mol. The van der Waals surface area contributed by atoms with Crippen LogP contribution in [0.5, 0.6) is 0 Å². The van der Waals surface area contributed by atoms with E-state index in [2.05, 4.69) is 29.3 Å². The minimum Gasteiger partial charge on any atom is -0.455 e. The fraction of sp³-hybridized carbons (Fsp3) is 0.389. The van der Waals surface area contributed by atoms with E-state index in [9.17, 15) is 10.0 Å². The fourth-order valence-electron chi connectivity index (χ4n) is 3.17. The van der Waals surface area contributed by atoms with Crippen LogP contribution in [-0.2, 0) is 13.0 Å². The molecule has 1 aliphatic carbocycles. The highest BCUT2D eigenvalue weighted by Crippen LogP contribution is 2.38. The van der Waals surface area contributed by atoms with Crippen molar-refractivity contribution in [3.05, 3.63) is 52.7 Å². The predicted molar refractivity (Wildman–Crippen MR) is 89.3 cm³/mol. The summed E-state index contributed by atoms with van der Waals surface area (Å²) in [4.78, 5) is 16.7. The third-order valence-corrected chi connectivity index (χ3v) is 4.28. The topological polar surface area (TPSA) is 87.7 Å². The van der Waals surface area contributed by atoms with E-state index in [1.54, 1.807) is 6.20 Å². The molecule has 0 spiro atoms. The Morgan fingerprint density at radius 2 is 2.21 bits per heavy atom. The lowest BCUT2D eigenvalue weighted by Gasteiger charge is -2.28. The summed E-state index contributed by atoms with van der Waals surface area (Å²) in [7, 11) is 0. The van der Waals surface area contributed by atoms with Crippen molar-refractivity contribution in [2.75, 3.05) is 0 Å². The molecule has 0 atom stereocenters. The number of hydrogen-bond donors (Lipinski definition) is 2. The van der Waals surface area contributed by atoms with Gasteiger partial charge in [-0.25, -0.2) is 0 Å². The Balaban J connectivity index is 1.85. The van der Waals surface area contributed by atoms with E-state index >= 15 is 0 Å². The molecule has 24 heavy (non-hydrogen) atoms. The molecule has 0 saturated carbocycles. The van der Waals surface area contributed by atoms with Gasteiger partial charge in [-0.1, -0.05) is 25.1 Å². The van der Waals surface area contributed by atoms with Crippen molar-refractivity contribution < 1.29 is 14.4 Å². The van der Waals surface area contributed by atoms with Crippen LogP contribution in [0.4, 0.5) is 0 Å². The van der Waals surface area contributed by atoms with Crippen molar-refractivity contribution in [3.63, 3.8) is 0 Å². The largest absolute Gasteiger partial charge is 0.455 e. The highest BCUT2D eigenvalue weighted by molar-refractivity contribution is 6.06. The van der Waals surface area contributed by atoms with Crippen molar-refractivity contribution in [2.45, 2.75) is 40.2 Å². The van der Waals surface area contributed by atoms with Crippen molar-refractivity contribution in [1.29, 1.82) is 0 Å². The molecule has 0 bridgehead atoms. The molecule has 0 aliphatic heterocycles. The van der Waals surface area contributed by atoms with Crippen LogP contribution in [0.1, 0.15) is 53.4 Å². The number of fused-ring (bicyclic) bond motifs is 1. The predicted octanol–water partition coefficient (Wildman–Crippen LogP) is 3.06. The Morgan fingerprint density at radius 1 is 1.42 bits per heavy atom. The molecule has 0 fully saturated rings. The second kappa shape index (κ2) is 6.11. The van der Waals surface area contributed by atoms with E-state index in [4.69, 9.17) is 4.42 Å². The van der Waals surface area contributed by atoms with Gasteiger partial charge in [0.05, 0.1) is 18.0 Å². The first-order valence-electron chi connectivity index (χ1n) is 7.93. The van der Waals surface area contributed by atoms with Crippen molar-refractivity contribution in [3.8, 4) is 0 Å². The van der Waals surface area contributed by atoms with Gasteiger partial charge in [-0.05, 0) is 30.9 Å². The van der Waals surface area contributed by atoms with Gasteiger partial charge in [0.15, 0.2) is 5.76 Å². The van der Waals surface area contributed by atoms with E-state index in [1.165, 1.54) is 0 Å². The van der Waals surface area contributed by atoms with Crippen molar-refractivity contribution in [2.24, 2.45) is 10.6 Å². The number of carbonyl (C=O) groups is 1. The molecular formula is C18H21N3O3. The third-order valence-electron chi connectivity index (χ3n) is 4.28. The lowest BCUT2D eigenvalue weighted by atomic mass is 9.75. The molecule has 1 amide bonds. The van der Waals surface area contributed by atoms with E-state index in [-0.39, 0.29) is 17.1 Å². The van der Waals surface area contributed by atoms with Gasteiger partial charge in [-0.15, -0.1) is 0 Å². The smallest absolute Gasteiger partial charge is 0.287 e. The maximum Gasteiger partial charge on any atom is 0.287 e. The average Bonchev–Trinajstić information content (AvgIpc) is 2.88. The molecule has 2 aromatic heterocycles. The number of amides is 1. The van der Waals surface area contributed by atoms with E-state index < -0.39 is 0 Å². The van der Waals surface area contributed by atoms with Gasteiger partial charge in [-0.3, -0.25) is 9.78 Å². The quantitative estimate of drug-likeness (QED) is 0.670. The van der Waals surface area contributed by atoms with E-state index in [0.717, 1.165) is 11.3 Å². The summed E-state index contributed by atoms with van der Waals surface area (Å²) in [6.45, 7) is 6.32. The maximum atomic E-state index is 12.5. The van der Waals surface area contributed by atoms with Crippen molar-refractivity contribution in [1.82, 2.24) is 10.3 Å². The summed E-state index contributed by atoms with van der Waals surface area (Å²) in [5.74, 6) is 0.692. The Hall–Kier alpha value is -2.63. The van der Waals surface area contributed by atoms with Crippen LogP contribution < -0.4 is 5.32 Å². The number of hydrogen-bond acceptors (Lipinski definition) is 5. The fourth-order valence-corrected chi connectivity index (χ4v) is 3.17. The van der Waals surface area contributed by atoms with Gasteiger partial charge in [0.1, 0.15) is 5.76 Å². The summed E-state index contributed by atoms with van der Waals surface area (Å²) in [5.41, 5.74) is 2.76. The van der Waals surface area contributed by atoms with E-state index in [1.807, 2.05) is 25.1 Å². The number of oxime groups is 1. The summed E-state index contributed by atoms with van der Waals surface area (Å²) in [6, 6.07) is 5.55. The lowest BCUT2D eigenvalue weighted by molar-refractivity contribution is 0.0918. The second-order valence-electron chi connectivity index (χ2n) is 6.92. The molecule has 0 aromatic carbocycles. The summed E-state index contributed by atoms with van der Waals surface area (Å²) < 4.78 is 5.83. The number of aromatic nitrogens is 1. The van der Waals surface area contributed by atoms with Gasteiger partial charge < -0.3 is 14.9 Å². The van der Waals surface area contributed by atoms with Crippen molar-refractivity contribution >= 4 is 11.6 Å². The Bertz CT molecular complexity index is 791. The highest BCUT2D eigenvalue weighted by atomic mass is 16.4. The molecule has 6 nitrogen and oxygen atoms in total. The number of furan rings is 1. The van der Waals surface area contributed by atoms with Crippen LogP contribution in [0.25, 0.3) is 0 Å². The minimum absolute atomic E-state index is 0.0689. The lowest BCUT2D eigenvalue weighted by Crippen LogP contribution is -2.27. The number of rotatable bonds is 3. The summed E-state index contributed by atoms with van der Waals surface area (Å²) in [6.07, 6.45) is 3.03. The van der Waals surface area contributed by atoms with Crippen LogP contribution >= 0.6 is 0 Å². The SMILES string of the molecule is Cc1c(C(=O)NCc2ccccn2)oc2c1/C(=N\O)CC(C)(C)C2. The monoisotopic (exact) mass is 327 g/mol. The maximum absolute atomic E-state index is 12.5. The highest BCUT2D eigenvalue weighted by Gasteiger charge is 2.36. The van der Waals surface area contributed by atoms with Gasteiger partial charge in [0.25, 0.3) is 5.91 Å². The Labute approximate surface area is 140 Å². The van der Waals surface area contributed by atoms with Gasteiger partial charge >= 0.3 is 0 Å². The minimum atomic E-state index is -0.289. The third kappa shape index (κ3) is 3.04. The van der Waals surface area contributed by atoms with Crippen LogP contribution in [-0.4, -0.2) is 21.8 Å². The Kier molecular flexibility index (Phi) is 4.13. The molecule has 0 radical (unpaired) electrons. The zero-order valence-electron chi connectivity index (χ0n) is 14.1. The number of pyridine rings is 1. The van der Waals surface area contributed by atoms with Gasteiger partial charge in [0, 0.05) is 23.7 Å². The first-order chi connectivity index (χ1) is 11.4. The number of nitrogens with one attached hydrogen (secondary N) is 1. The molecule has 2 aromatic rings. The molecule has 0 saturated heterocycles. The second-order valence-corrected chi connectivity index (χ2v) is 6.92. The van der Waals surface area contributed by atoms with Gasteiger partial charge in [0.2, 0.25) is 0 Å². The van der Waals surface area contributed by atoms with E-state index in [0.29, 0.717) is 36.4 Å². The van der Waals surface area contributed by atoms with Crippen LogP contribution in [0.2, 0.25) is 0 Å². The van der Waals surface area contributed by atoms with Crippen LogP contribution in [0, 0.1) is 12.3 Å². The normalized spacial score (nSPS) is 17.5. The molecular weight excluding hydrogens is 306 g/mol. The standard InChI is InChI=1S/C18H21N3O3/c1-11-15-13(21-23)8-18(2,3)9-14(15)24-16(11)17(22)20-10-12-6-4-5-7-19-12/h4-7,23H,8-10H2,1-3H3,(H,20,22)/b21-13-. The molecule has 3 rings (SSSR count). The first kappa shape index (κ1) is 16.2. The molecule has 126 valence electrons. The molecule has 0 unspecified atom stereocenters. The van der Waals surface area contributed by atoms with Crippen LogP contribution in [0.3, 0.4) is 0 Å². The zero-order valence-corrected chi connectivity index (χ0v) is 14.1. The molecule has 2 heterocycles.